The van der Waals surface area contributed by atoms with Crippen LogP contribution >= 0.6 is 15.9 Å². The second kappa shape index (κ2) is 10.8. The first-order valence-corrected chi connectivity index (χ1v) is 9.74. The van der Waals surface area contributed by atoms with E-state index in [0.29, 0.717) is 23.2 Å². The van der Waals surface area contributed by atoms with Crippen molar-refractivity contribution in [3.8, 4) is 0 Å². The largest absolute Gasteiger partial charge is 0.457 e. The second-order valence-electron chi connectivity index (χ2n) is 6.10. The number of rotatable bonds is 9. The highest BCUT2D eigenvalue weighted by Crippen LogP contribution is 2.17. The van der Waals surface area contributed by atoms with Crippen molar-refractivity contribution in [1.29, 1.82) is 0 Å². The van der Waals surface area contributed by atoms with Crippen molar-refractivity contribution >= 4 is 21.9 Å². The summed E-state index contributed by atoms with van der Waals surface area (Å²) in [6, 6.07) is 26.7. The molecule has 0 unspecified atom stereocenters. The molecule has 3 rings (SSSR count). The highest BCUT2D eigenvalue weighted by Gasteiger charge is 2.16. The molecular formula is C23H21BrO4. The maximum atomic E-state index is 12.4. The fourth-order valence-corrected chi connectivity index (χ4v) is 2.97. The lowest BCUT2D eigenvalue weighted by Crippen LogP contribution is -2.25. The summed E-state index contributed by atoms with van der Waals surface area (Å²) in [5, 5.41) is 0. The van der Waals surface area contributed by atoms with Gasteiger partial charge in [-0.25, -0.2) is 4.79 Å². The van der Waals surface area contributed by atoms with Crippen molar-refractivity contribution in [2.45, 2.75) is 19.5 Å². The first-order chi connectivity index (χ1) is 13.7. The molecule has 0 atom stereocenters. The third kappa shape index (κ3) is 6.30. The number of hydrogen-bond donors (Lipinski definition) is 0. The molecule has 0 N–H and O–H groups in total. The molecule has 0 spiro atoms. The molecule has 3 aromatic carbocycles. The minimum Gasteiger partial charge on any atom is -0.457 e. The molecule has 0 bridgehead atoms. The van der Waals surface area contributed by atoms with Crippen LogP contribution < -0.4 is 0 Å². The van der Waals surface area contributed by atoms with E-state index >= 15 is 0 Å². The number of carbonyl (C=O) groups is 1. The van der Waals surface area contributed by atoms with Crippen molar-refractivity contribution in [2.24, 2.45) is 0 Å². The van der Waals surface area contributed by atoms with Gasteiger partial charge in [-0.3, -0.25) is 0 Å². The Labute approximate surface area is 173 Å². The zero-order chi connectivity index (χ0) is 19.6. The number of benzene rings is 3. The van der Waals surface area contributed by atoms with Crippen molar-refractivity contribution in [3.05, 3.63) is 106 Å². The van der Waals surface area contributed by atoms with E-state index < -0.39 is 12.3 Å². The van der Waals surface area contributed by atoms with Crippen LogP contribution in [-0.2, 0) is 27.4 Å². The molecule has 0 aliphatic rings. The van der Waals surface area contributed by atoms with Crippen LogP contribution in [0, 0.1) is 0 Å². The van der Waals surface area contributed by atoms with Gasteiger partial charge in [-0.2, -0.15) is 0 Å². The van der Waals surface area contributed by atoms with Gasteiger partial charge in [0.05, 0.1) is 18.8 Å². The van der Waals surface area contributed by atoms with E-state index in [1.165, 1.54) is 0 Å². The molecular weight excluding hydrogens is 420 g/mol. The van der Waals surface area contributed by atoms with Gasteiger partial charge in [-0.15, -0.1) is 0 Å². The molecule has 5 heteroatoms. The Bertz CT molecular complexity index is 825. The number of ether oxygens (including phenoxy) is 3. The Hall–Kier alpha value is -2.47. The molecule has 0 aromatic heterocycles. The molecule has 144 valence electrons. The van der Waals surface area contributed by atoms with Crippen molar-refractivity contribution in [2.75, 3.05) is 6.61 Å². The molecule has 0 saturated heterocycles. The van der Waals surface area contributed by atoms with Crippen LogP contribution in [0.25, 0.3) is 0 Å². The Kier molecular flexibility index (Phi) is 7.79. The molecule has 0 heterocycles. The average Bonchev–Trinajstić information content (AvgIpc) is 2.75. The smallest absolute Gasteiger partial charge is 0.339 e. The lowest BCUT2D eigenvalue weighted by atomic mass is 10.2. The van der Waals surface area contributed by atoms with E-state index in [-0.39, 0.29) is 6.61 Å². The van der Waals surface area contributed by atoms with Gasteiger partial charge >= 0.3 is 5.97 Å². The van der Waals surface area contributed by atoms with Gasteiger partial charge in [-0.05, 0) is 39.2 Å². The zero-order valence-corrected chi connectivity index (χ0v) is 16.9. The van der Waals surface area contributed by atoms with E-state index in [0.717, 1.165) is 11.1 Å². The van der Waals surface area contributed by atoms with E-state index in [1.807, 2.05) is 66.7 Å². The van der Waals surface area contributed by atoms with E-state index in [1.54, 1.807) is 18.2 Å². The minimum absolute atomic E-state index is 0.000164. The fourth-order valence-electron chi connectivity index (χ4n) is 2.52. The number of hydrogen-bond acceptors (Lipinski definition) is 4. The van der Waals surface area contributed by atoms with E-state index in [9.17, 15) is 4.79 Å². The Morgan fingerprint density at radius 3 is 1.79 bits per heavy atom. The van der Waals surface area contributed by atoms with Crippen LogP contribution in [0.4, 0.5) is 0 Å². The first-order valence-electron chi connectivity index (χ1n) is 8.95. The van der Waals surface area contributed by atoms with Gasteiger partial charge in [0.1, 0.15) is 6.61 Å². The molecule has 0 fully saturated rings. The molecule has 0 amide bonds. The van der Waals surface area contributed by atoms with Crippen molar-refractivity contribution in [1.82, 2.24) is 0 Å². The number of esters is 1. The summed E-state index contributed by atoms with van der Waals surface area (Å²) in [6.45, 7) is 0.736. The van der Waals surface area contributed by atoms with Crippen LogP contribution in [0.1, 0.15) is 21.5 Å². The molecule has 3 aromatic rings. The highest BCUT2D eigenvalue weighted by atomic mass is 79.9. The molecule has 0 aliphatic heterocycles. The van der Waals surface area contributed by atoms with Gasteiger partial charge < -0.3 is 14.2 Å². The molecule has 0 radical (unpaired) electrons. The third-order valence-electron chi connectivity index (χ3n) is 4.00. The molecule has 28 heavy (non-hydrogen) atoms. The summed E-state index contributed by atoms with van der Waals surface area (Å²) in [6.07, 6.45) is -0.674. The van der Waals surface area contributed by atoms with E-state index in [4.69, 9.17) is 14.2 Å². The topological polar surface area (TPSA) is 44.8 Å². The lowest BCUT2D eigenvalue weighted by Gasteiger charge is -2.19. The van der Waals surface area contributed by atoms with Crippen LogP contribution in [0.3, 0.4) is 0 Å². The molecule has 0 aliphatic carbocycles. The van der Waals surface area contributed by atoms with Gasteiger partial charge in [0.2, 0.25) is 0 Å². The van der Waals surface area contributed by atoms with Crippen LogP contribution in [0.5, 0.6) is 0 Å². The minimum atomic E-state index is -0.674. The first kappa shape index (κ1) is 20.3. The normalized spacial score (nSPS) is 10.8. The van der Waals surface area contributed by atoms with Gasteiger partial charge in [0.15, 0.2) is 6.29 Å². The third-order valence-corrected chi connectivity index (χ3v) is 4.69. The Morgan fingerprint density at radius 2 is 1.25 bits per heavy atom. The molecule has 0 saturated carbocycles. The molecule has 4 nitrogen and oxygen atoms in total. The number of halogens is 1. The van der Waals surface area contributed by atoms with Crippen LogP contribution in [-0.4, -0.2) is 18.9 Å². The maximum absolute atomic E-state index is 12.4. The second-order valence-corrected chi connectivity index (χ2v) is 6.96. The van der Waals surface area contributed by atoms with Gasteiger partial charge in [-0.1, -0.05) is 72.8 Å². The summed E-state index contributed by atoms with van der Waals surface area (Å²) in [4.78, 5) is 12.4. The Balaban J connectivity index is 1.59. The predicted molar refractivity (Wildman–Crippen MR) is 111 cm³/mol. The maximum Gasteiger partial charge on any atom is 0.339 e. The summed E-state index contributed by atoms with van der Waals surface area (Å²) in [7, 11) is 0. The lowest BCUT2D eigenvalue weighted by molar-refractivity contribution is -0.176. The summed E-state index contributed by atoms with van der Waals surface area (Å²) in [5.74, 6) is -0.427. The van der Waals surface area contributed by atoms with Crippen molar-refractivity contribution < 1.29 is 19.0 Å². The van der Waals surface area contributed by atoms with Gasteiger partial charge in [0, 0.05) is 4.47 Å². The average molecular weight is 441 g/mol. The van der Waals surface area contributed by atoms with Crippen LogP contribution in [0.15, 0.2) is 89.4 Å². The van der Waals surface area contributed by atoms with Crippen LogP contribution in [0.2, 0.25) is 0 Å². The number of carbonyl (C=O) groups excluding carboxylic acids is 1. The SMILES string of the molecule is O=C(OCC(OCc1ccccc1)OCc1ccccc1)c1ccccc1Br. The zero-order valence-electron chi connectivity index (χ0n) is 15.3. The predicted octanol–water partition coefficient (Wildman–Crippen LogP) is 5.37. The van der Waals surface area contributed by atoms with Crippen molar-refractivity contribution in [3.63, 3.8) is 0 Å². The van der Waals surface area contributed by atoms with Gasteiger partial charge in [0.25, 0.3) is 0 Å². The monoisotopic (exact) mass is 440 g/mol. The summed E-state index contributed by atoms with van der Waals surface area (Å²) >= 11 is 3.36. The fraction of sp³-hybridized carbons (Fsp3) is 0.174. The quantitative estimate of drug-likeness (QED) is 0.331. The highest BCUT2D eigenvalue weighted by molar-refractivity contribution is 9.10. The van der Waals surface area contributed by atoms with E-state index in [2.05, 4.69) is 15.9 Å². The standard InChI is InChI=1S/C23H21BrO4/c24-21-14-8-7-13-20(21)23(25)28-17-22(26-15-18-9-3-1-4-10-18)27-16-19-11-5-2-6-12-19/h1-14,22H,15-17H2. The summed E-state index contributed by atoms with van der Waals surface area (Å²) in [5.41, 5.74) is 2.51. The summed E-state index contributed by atoms with van der Waals surface area (Å²) < 4.78 is 17.8. The Morgan fingerprint density at radius 1 is 0.750 bits per heavy atom.